The van der Waals surface area contributed by atoms with E-state index in [0.717, 1.165) is 6.42 Å². The van der Waals surface area contributed by atoms with Crippen LogP contribution in [0, 0.1) is 17.8 Å². The van der Waals surface area contributed by atoms with Crippen LogP contribution in [0.5, 0.6) is 0 Å². The number of nitrogens with two attached hydrogens (primary N) is 1. The highest BCUT2D eigenvalue weighted by molar-refractivity contribution is 5.95. The van der Waals surface area contributed by atoms with E-state index in [-0.39, 0.29) is 24.6 Å². The molecule has 21 heavy (non-hydrogen) atoms. The summed E-state index contributed by atoms with van der Waals surface area (Å²) >= 11 is 0. The smallest absolute Gasteiger partial charge is 0.271 e. The molecule has 2 aliphatic rings. The van der Waals surface area contributed by atoms with Gasteiger partial charge < -0.3 is 15.8 Å². The molecule has 1 aromatic rings. The molecular formula is C16H19N3O2. The summed E-state index contributed by atoms with van der Waals surface area (Å²) in [4.78, 5) is 16.6. The largest absolute Gasteiger partial charge is 0.376 e. The minimum atomic E-state index is -0.182. The van der Waals surface area contributed by atoms with Gasteiger partial charge in [-0.25, -0.2) is 4.98 Å². The molecule has 0 spiro atoms. The molecule has 1 saturated heterocycles. The zero-order valence-corrected chi connectivity index (χ0v) is 11.8. The molecule has 2 heterocycles. The van der Waals surface area contributed by atoms with Gasteiger partial charge in [0.15, 0.2) is 0 Å². The third kappa shape index (κ3) is 3.23. The van der Waals surface area contributed by atoms with Crippen LogP contribution in [-0.4, -0.2) is 36.2 Å². The number of nitrogens with zero attached hydrogens (tertiary/aromatic N) is 1. The van der Waals surface area contributed by atoms with Crippen LogP contribution in [0.25, 0.3) is 0 Å². The number of aromatic nitrogens is 1. The Balaban J connectivity index is 1.73. The molecule has 2 unspecified atom stereocenters. The van der Waals surface area contributed by atoms with E-state index < -0.39 is 0 Å². The quantitative estimate of drug-likeness (QED) is 0.801. The van der Waals surface area contributed by atoms with Crippen molar-refractivity contribution in [2.45, 2.75) is 31.4 Å². The van der Waals surface area contributed by atoms with Gasteiger partial charge in [0, 0.05) is 12.8 Å². The minimum absolute atomic E-state index is 0.0855. The van der Waals surface area contributed by atoms with Gasteiger partial charge in [0.1, 0.15) is 5.69 Å². The van der Waals surface area contributed by atoms with Crippen molar-refractivity contribution in [3.05, 3.63) is 29.6 Å². The Kier molecular flexibility index (Phi) is 4.18. The Morgan fingerprint density at radius 2 is 2.33 bits per heavy atom. The van der Waals surface area contributed by atoms with E-state index >= 15 is 0 Å². The zero-order chi connectivity index (χ0) is 14.7. The van der Waals surface area contributed by atoms with E-state index in [2.05, 4.69) is 22.1 Å². The maximum Gasteiger partial charge on any atom is 0.271 e. The van der Waals surface area contributed by atoms with Crippen LogP contribution in [0.3, 0.4) is 0 Å². The predicted molar refractivity (Wildman–Crippen MR) is 78.5 cm³/mol. The van der Waals surface area contributed by atoms with E-state index in [4.69, 9.17) is 10.5 Å². The number of hydrogen-bond donors (Lipinski definition) is 2. The van der Waals surface area contributed by atoms with Gasteiger partial charge in [-0.05, 0) is 37.3 Å². The lowest BCUT2D eigenvalue weighted by molar-refractivity contribution is 0.0727. The van der Waals surface area contributed by atoms with E-state index in [0.29, 0.717) is 23.8 Å². The fourth-order valence-electron chi connectivity index (χ4n) is 2.73. The summed E-state index contributed by atoms with van der Waals surface area (Å²) in [6.07, 6.45) is 5.04. The van der Waals surface area contributed by atoms with Crippen molar-refractivity contribution in [3.8, 4) is 11.8 Å². The Morgan fingerprint density at radius 1 is 1.48 bits per heavy atom. The summed E-state index contributed by atoms with van der Waals surface area (Å²) in [7, 11) is 0. The Morgan fingerprint density at radius 3 is 3.10 bits per heavy atom. The van der Waals surface area contributed by atoms with Crippen LogP contribution < -0.4 is 11.1 Å². The van der Waals surface area contributed by atoms with Gasteiger partial charge in [-0.1, -0.05) is 11.8 Å². The standard InChI is InChI=1S/C16H19N3O2/c17-8-1-3-11-4-2-9-18-14(11)16(20)19-13-7-10-21-15(13)12-5-6-12/h2,4,9,12-13,15H,5-8,10,17H2,(H,19,20). The minimum Gasteiger partial charge on any atom is -0.376 e. The van der Waals surface area contributed by atoms with Crippen LogP contribution >= 0.6 is 0 Å². The number of nitrogens with one attached hydrogen (secondary N) is 1. The molecule has 0 aromatic carbocycles. The Labute approximate surface area is 124 Å². The van der Waals surface area contributed by atoms with Gasteiger partial charge in [-0.3, -0.25) is 4.79 Å². The third-order valence-electron chi connectivity index (χ3n) is 3.89. The van der Waals surface area contributed by atoms with Crippen LogP contribution in [0.4, 0.5) is 0 Å². The average molecular weight is 285 g/mol. The molecule has 1 aliphatic carbocycles. The summed E-state index contributed by atoms with van der Waals surface area (Å²) < 4.78 is 5.74. The van der Waals surface area contributed by atoms with Crippen molar-refractivity contribution in [1.29, 1.82) is 0 Å². The topological polar surface area (TPSA) is 77.2 Å². The van der Waals surface area contributed by atoms with Gasteiger partial charge in [0.25, 0.3) is 5.91 Å². The van der Waals surface area contributed by atoms with Gasteiger partial charge in [0.05, 0.1) is 24.3 Å². The number of rotatable bonds is 3. The molecule has 0 radical (unpaired) electrons. The van der Waals surface area contributed by atoms with Crippen LogP contribution in [0.15, 0.2) is 18.3 Å². The summed E-state index contributed by atoms with van der Waals surface area (Å²) in [6.45, 7) is 0.977. The van der Waals surface area contributed by atoms with Crippen molar-refractivity contribution in [2.75, 3.05) is 13.2 Å². The molecule has 1 amide bonds. The first-order chi connectivity index (χ1) is 10.3. The highest BCUT2D eigenvalue weighted by Gasteiger charge is 2.41. The van der Waals surface area contributed by atoms with Crippen molar-refractivity contribution < 1.29 is 9.53 Å². The zero-order valence-electron chi connectivity index (χ0n) is 11.8. The van der Waals surface area contributed by atoms with Crippen molar-refractivity contribution in [2.24, 2.45) is 11.7 Å². The number of ether oxygens (including phenoxy) is 1. The Bertz CT molecular complexity index is 587. The fraction of sp³-hybridized carbons (Fsp3) is 0.500. The second-order valence-corrected chi connectivity index (χ2v) is 5.45. The van der Waals surface area contributed by atoms with E-state index in [9.17, 15) is 4.79 Å². The first-order valence-corrected chi connectivity index (χ1v) is 7.36. The second-order valence-electron chi connectivity index (χ2n) is 5.45. The van der Waals surface area contributed by atoms with Gasteiger partial charge >= 0.3 is 0 Å². The van der Waals surface area contributed by atoms with Crippen molar-refractivity contribution in [3.63, 3.8) is 0 Å². The second kappa shape index (κ2) is 6.25. The lowest BCUT2D eigenvalue weighted by atomic mass is 10.1. The van der Waals surface area contributed by atoms with Crippen LogP contribution in [-0.2, 0) is 4.74 Å². The maximum absolute atomic E-state index is 12.4. The first-order valence-electron chi connectivity index (χ1n) is 7.36. The summed E-state index contributed by atoms with van der Waals surface area (Å²) in [5.41, 5.74) is 6.36. The van der Waals surface area contributed by atoms with Crippen LogP contribution in [0.1, 0.15) is 35.3 Å². The monoisotopic (exact) mass is 285 g/mol. The summed E-state index contributed by atoms with van der Waals surface area (Å²) in [5.74, 6) is 6.09. The molecule has 1 saturated carbocycles. The summed E-state index contributed by atoms with van der Waals surface area (Å²) in [6, 6.07) is 3.64. The number of hydrogen-bond acceptors (Lipinski definition) is 4. The molecule has 3 rings (SSSR count). The number of amides is 1. The average Bonchev–Trinajstić information content (AvgIpc) is 3.25. The molecule has 5 heteroatoms. The predicted octanol–water partition coefficient (Wildman–Crippen LogP) is 0.689. The van der Waals surface area contributed by atoms with Gasteiger partial charge in [-0.2, -0.15) is 0 Å². The molecule has 1 aromatic heterocycles. The van der Waals surface area contributed by atoms with E-state index in [1.165, 1.54) is 12.8 Å². The molecule has 2 fully saturated rings. The fourth-order valence-corrected chi connectivity index (χ4v) is 2.73. The molecule has 5 nitrogen and oxygen atoms in total. The third-order valence-corrected chi connectivity index (χ3v) is 3.89. The molecule has 1 aliphatic heterocycles. The highest BCUT2D eigenvalue weighted by atomic mass is 16.5. The van der Waals surface area contributed by atoms with Crippen molar-refractivity contribution >= 4 is 5.91 Å². The molecular weight excluding hydrogens is 266 g/mol. The van der Waals surface area contributed by atoms with Gasteiger partial charge in [-0.15, -0.1) is 0 Å². The first kappa shape index (κ1) is 14.1. The molecule has 2 atom stereocenters. The number of carbonyl (C=O) groups excluding carboxylic acids is 1. The lowest BCUT2D eigenvalue weighted by Crippen LogP contribution is -2.41. The molecule has 110 valence electrons. The maximum atomic E-state index is 12.4. The number of carbonyl (C=O) groups is 1. The SMILES string of the molecule is NCC#Cc1cccnc1C(=O)NC1CCOC1C1CC1. The lowest BCUT2D eigenvalue weighted by Gasteiger charge is -2.19. The number of pyridine rings is 1. The van der Waals surface area contributed by atoms with Gasteiger partial charge in [0.2, 0.25) is 0 Å². The highest BCUT2D eigenvalue weighted by Crippen LogP contribution is 2.38. The van der Waals surface area contributed by atoms with E-state index in [1.54, 1.807) is 18.3 Å². The Hall–Kier alpha value is -1.90. The van der Waals surface area contributed by atoms with E-state index in [1.807, 2.05) is 0 Å². The summed E-state index contributed by atoms with van der Waals surface area (Å²) in [5, 5.41) is 3.06. The van der Waals surface area contributed by atoms with Crippen molar-refractivity contribution in [1.82, 2.24) is 10.3 Å². The normalized spacial score (nSPS) is 24.2. The van der Waals surface area contributed by atoms with Crippen LogP contribution in [0.2, 0.25) is 0 Å². The molecule has 0 bridgehead atoms. The molecule has 3 N–H and O–H groups in total.